The number of amides is 2. The van der Waals surface area contributed by atoms with Crippen molar-refractivity contribution >= 4 is 21.7 Å². The zero-order valence-corrected chi connectivity index (χ0v) is 18.3. The summed E-state index contributed by atoms with van der Waals surface area (Å²) in [5.41, 5.74) is 4.32. The Labute approximate surface area is 190 Å². The molecule has 0 radical (unpaired) electrons. The average Bonchev–Trinajstić information content (AvgIpc) is 3.53. The van der Waals surface area contributed by atoms with Crippen LogP contribution in [0.25, 0.3) is 11.1 Å². The van der Waals surface area contributed by atoms with E-state index in [-0.39, 0.29) is 11.1 Å². The van der Waals surface area contributed by atoms with E-state index in [0.717, 1.165) is 41.5 Å². The van der Waals surface area contributed by atoms with Crippen LogP contribution in [0.2, 0.25) is 0 Å². The maximum absolute atomic E-state index is 12.8. The second-order valence-corrected chi connectivity index (χ2v) is 9.95. The van der Waals surface area contributed by atoms with Crippen molar-refractivity contribution in [3.05, 3.63) is 53.9 Å². The second kappa shape index (κ2) is 7.56. The lowest BCUT2D eigenvalue weighted by atomic mass is 9.98. The minimum atomic E-state index is -4.18. The molecule has 2 atom stereocenters. The molecule has 1 aromatic carbocycles. The highest BCUT2D eigenvalue weighted by Gasteiger charge is 2.34. The average molecular weight is 468 g/mol. The molecule has 2 aliphatic heterocycles. The molecule has 4 heterocycles. The van der Waals surface area contributed by atoms with Gasteiger partial charge in [-0.25, -0.2) is 14.5 Å². The summed E-state index contributed by atoms with van der Waals surface area (Å²) in [5.74, 6) is 0.416. The molecule has 1 aliphatic carbocycles. The van der Waals surface area contributed by atoms with Gasteiger partial charge in [-0.15, -0.1) is 0 Å². The molecule has 3 aliphatic rings. The molecule has 33 heavy (non-hydrogen) atoms. The van der Waals surface area contributed by atoms with Crippen LogP contribution in [0.5, 0.6) is 5.88 Å². The summed E-state index contributed by atoms with van der Waals surface area (Å²) in [5, 5.41) is 6.73. The zero-order chi connectivity index (χ0) is 22.6. The zero-order valence-electron chi connectivity index (χ0n) is 17.5. The summed E-state index contributed by atoms with van der Waals surface area (Å²) in [6.45, 7) is 0.634. The molecule has 1 fully saturated rings. The molecule has 0 saturated carbocycles. The standard InChI is InChI=1S/C22H21N5O5S/c28-22-24-21-15-3-1-2-13(15)4-5-16(21)14-6-8-23-19(10-14)32-18-12-31-11-17(18)27-9-7-20(25-27)33(29,30)26-22/h4-10,17-18H,1-3,11-12H2,(H2,24,26,28)/t17-,18-/m0/s1. The quantitative estimate of drug-likeness (QED) is 0.520. The summed E-state index contributed by atoms with van der Waals surface area (Å²) in [7, 11) is -4.18. The molecule has 4 bridgehead atoms. The van der Waals surface area contributed by atoms with Crippen LogP contribution in [0.3, 0.4) is 0 Å². The van der Waals surface area contributed by atoms with Crippen LogP contribution in [-0.2, 0) is 27.6 Å². The summed E-state index contributed by atoms with van der Waals surface area (Å²) < 4.78 is 41.0. The Bertz CT molecular complexity index is 1370. The first kappa shape index (κ1) is 20.2. The predicted molar refractivity (Wildman–Crippen MR) is 118 cm³/mol. The number of aryl methyl sites for hydroxylation is 1. The largest absolute Gasteiger partial charge is 0.469 e. The van der Waals surface area contributed by atoms with E-state index in [0.29, 0.717) is 24.8 Å². The number of rotatable bonds is 0. The monoisotopic (exact) mass is 467 g/mol. The van der Waals surface area contributed by atoms with E-state index in [4.69, 9.17) is 9.47 Å². The predicted octanol–water partition coefficient (Wildman–Crippen LogP) is 2.28. The maximum Gasteiger partial charge on any atom is 0.333 e. The van der Waals surface area contributed by atoms with Crippen molar-refractivity contribution < 1.29 is 22.7 Å². The lowest BCUT2D eigenvalue weighted by molar-refractivity contribution is 0.132. The van der Waals surface area contributed by atoms with E-state index in [9.17, 15) is 13.2 Å². The van der Waals surface area contributed by atoms with Gasteiger partial charge in [-0.1, -0.05) is 12.1 Å². The number of benzene rings is 1. The van der Waals surface area contributed by atoms with Gasteiger partial charge >= 0.3 is 6.03 Å². The van der Waals surface area contributed by atoms with Gasteiger partial charge in [0, 0.05) is 24.0 Å². The number of carbonyl (C=O) groups excluding carboxylic acids is 1. The molecule has 2 amide bonds. The fourth-order valence-electron chi connectivity index (χ4n) is 4.69. The van der Waals surface area contributed by atoms with Crippen molar-refractivity contribution in [1.29, 1.82) is 0 Å². The minimum absolute atomic E-state index is 0.254. The molecule has 2 aromatic heterocycles. The fraction of sp³-hybridized carbons (Fsp3) is 0.318. The van der Waals surface area contributed by atoms with Crippen LogP contribution in [0.15, 0.2) is 47.8 Å². The number of hydrogen-bond acceptors (Lipinski definition) is 7. The van der Waals surface area contributed by atoms with Gasteiger partial charge in [-0.3, -0.25) is 4.68 Å². The topological polar surface area (TPSA) is 124 Å². The van der Waals surface area contributed by atoms with Crippen molar-refractivity contribution in [3.8, 4) is 17.0 Å². The minimum Gasteiger partial charge on any atom is -0.469 e. The normalized spacial score (nSPS) is 23.1. The van der Waals surface area contributed by atoms with Crippen LogP contribution in [0.4, 0.5) is 10.5 Å². The number of anilines is 1. The van der Waals surface area contributed by atoms with Gasteiger partial charge in [0.05, 0.1) is 18.9 Å². The van der Waals surface area contributed by atoms with Crippen LogP contribution in [-0.4, -0.2) is 48.5 Å². The van der Waals surface area contributed by atoms with Crippen molar-refractivity contribution in [1.82, 2.24) is 19.5 Å². The van der Waals surface area contributed by atoms with E-state index in [1.807, 2.05) is 18.2 Å². The third-order valence-corrected chi connectivity index (χ3v) is 7.49. The van der Waals surface area contributed by atoms with Gasteiger partial charge in [0.25, 0.3) is 10.0 Å². The van der Waals surface area contributed by atoms with Gasteiger partial charge in [0.15, 0.2) is 5.03 Å². The highest BCUT2D eigenvalue weighted by molar-refractivity contribution is 7.90. The van der Waals surface area contributed by atoms with Crippen LogP contribution in [0.1, 0.15) is 23.6 Å². The third kappa shape index (κ3) is 3.53. The van der Waals surface area contributed by atoms with Crippen LogP contribution in [0, 0.1) is 0 Å². The summed E-state index contributed by atoms with van der Waals surface area (Å²) >= 11 is 0. The number of ether oxygens (including phenoxy) is 2. The SMILES string of the molecule is O=C1Nc2c(ccc3c2CCC3)-c2ccnc(c2)O[C@H]2COC[C@@H]2n2ccc(n2)S(=O)(=O)N1. The third-order valence-electron chi connectivity index (χ3n) is 6.27. The van der Waals surface area contributed by atoms with E-state index >= 15 is 0 Å². The van der Waals surface area contributed by atoms with Gasteiger partial charge in [0.1, 0.15) is 12.1 Å². The van der Waals surface area contributed by atoms with Crippen molar-refractivity contribution in [2.45, 2.75) is 36.4 Å². The Balaban J connectivity index is 1.51. The van der Waals surface area contributed by atoms with Gasteiger partial charge in [-0.05, 0) is 48.1 Å². The van der Waals surface area contributed by atoms with Gasteiger partial charge < -0.3 is 14.8 Å². The molecule has 3 aromatic rings. The number of pyridine rings is 1. The first-order valence-electron chi connectivity index (χ1n) is 10.7. The fourth-order valence-corrected chi connectivity index (χ4v) is 5.53. The molecule has 6 rings (SSSR count). The number of fused-ring (bicyclic) bond motifs is 10. The first-order chi connectivity index (χ1) is 16.0. The smallest absolute Gasteiger partial charge is 0.333 e. The number of carbonyl (C=O) groups is 1. The summed E-state index contributed by atoms with van der Waals surface area (Å²) in [4.78, 5) is 17.2. The van der Waals surface area contributed by atoms with Crippen LogP contribution >= 0.6 is 0 Å². The number of urea groups is 1. The maximum atomic E-state index is 12.8. The van der Waals surface area contributed by atoms with Crippen molar-refractivity contribution in [2.24, 2.45) is 0 Å². The molecular weight excluding hydrogens is 446 g/mol. The number of sulfonamides is 1. The second-order valence-electron chi connectivity index (χ2n) is 8.32. The number of aromatic nitrogens is 3. The van der Waals surface area contributed by atoms with Crippen molar-refractivity contribution in [3.63, 3.8) is 0 Å². The Morgan fingerprint density at radius 3 is 2.94 bits per heavy atom. The first-order valence-corrected chi connectivity index (χ1v) is 12.2. The summed E-state index contributed by atoms with van der Waals surface area (Å²) in [6, 6.07) is 7.82. The van der Waals surface area contributed by atoms with E-state index < -0.39 is 22.2 Å². The molecule has 0 spiro atoms. The molecule has 170 valence electrons. The van der Waals surface area contributed by atoms with Gasteiger partial charge in [-0.2, -0.15) is 13.5 Å². The summed E-state index contributed by atoms with van der Waals surface area (Å²) in [6.07, 6.45) is 5.47. The number of hydrogen-bond donors (Lipinski definition) is 2. The molecule has 1 saturated heterocycles. The molecule has 11 heteroatoms. The van der Waals surface area contributed by atoms with Crippen molar-refractivity contribution in [2.75, 3.05) is 18.5 Å². The molecule has 0 unspecified atom stereocenters. The molecule has 2 N–H and O–H groups in total. The Hall–Kier alpha value is -3.44. The lowest BCUT2D eigenvalue weighted by Crippen LogP contribution is -2.35. The Kier molecular flexibility index (Phi) is 4.63. The number of nitrogens with zero attached hydrogens (tertiary/aromatic N) is 3. The van der Waals surface area contributed by atoms with E-state index in [1.165, 1.54) is 10.7 Å². The Morgan fingerprint density at radius 2 is 2.03 bits per heavy atom. The van der Waals surface area contributed by atoms with Crippen LogP contribution < -0.4 is 14.8 Å². The molecular formula is C22H21N5O5S. The van der Waals surface area contributed by atoms with E-state index in [2.05, 4.69) is 26.2 Å². The number of nitrogens with one attached hydrogen (secondary N) is 2. The lowest BCUT2D eigenvalue weighted by Gasteiger charge is -2.20. The highest BCUT2D eigenvalue weighted by atomic mass is 32.2. The van der Waals surface area contributed by atoms with E-state index in [1.54, 1.807) is 12.4 Å². The highest BCUT2D eigenvalue weighted by Crippen LogP contribution is 2.38. The Morgan fingerprint density at radius 1 is 1.12 bits per heavy atom. The van der Waals surface area contributed by atoms with Gasteiger partial charge in [0.2, 0.25) is 5.88 Å². The molecule has 10 nitrogen and oxygen atoms in total.